The largest absolute Gasteiger partial charge is 0.394 e. The molecule has 13 unspecified atom stereocenters. The molecule has 2 aliphatic heterocycles. The highest BCUT2D eigenvalue weighted by Gasteiger charge is 2.44. The summed E-state index contributed by atoms with van der Waals surface area (Å²) in [5, 5.41) is 49.6. The second kappa shape index (κ2) is 50.6. The number of guanidine groups is 1. The summed E-state index contributed by atoms with van der Waals surface area (Å²) in [7, 11) is 5.16. The molecule has 6 aromatic rings. The number of hydrogen-bond donors (Lipinski definition) is 19. The van der Waals surface area contributed by atoms with Crippen LogP contribution in [0.5, 0.6) is 0 Å². The molecule has 8 rings (SSSR count). The summed E-state index contributed by atoms with van der Waals surface area (Å²) in [6, 6.07) is -1.79. The Bertz CT molecular complexity index is 5160. The second-order valence-electron chi connectivity index (χ2n) is 33.6. The van der Waals surface area contributed by atoms with Gasteiger partial charge in [0, 0.05) is 129 Å². The normalized spacial score (nSPS) is 23.4. The molecular weight excluding hydrogens is 1780 g/mol. The number of carbonyl (C=O) groups is 17. The Morgan fingerprint density at radius 1 is 0.564 bits per heavy atom. The van der Waals surface area contributed by atoms with Gasteiger partial charge in [0.05, 0.1) is 38.2 Å². The van der Waals surface area contributed by atoms with Gasteiger partial charge in [0.15, 0.2) is 5.96 Å². The Morgan fingerprint density at radius 2 is 1.13 bits per heavy atom. The molecule has 0 radical (unpaired) electrons. The number of thioether (sulfide) groups is 1. The Hall–Kier alpha value is -12.9. The van der Waals surface area contributed by atoms with Gasteiger partial charge in [-0.15, -0.1) is 11.8 Å². The first-order valence-corrected chi connectivity index (χ1v) is 45.8. The van der Waals surface area contributed by atoms with E-state index in [2.05, 4.69) is 78.4 Å². The maximum Gasteiger partial charge on any atom is 0.246 e. The van der Waals surface area contributed by atoms with Gasteiger partial charge in [-0.1, -0.05) is 100 Å². The Kier molecular flexibility index (Phi) is 40.2. The van der Waals surface area contributed by atoms with Crippen molar-refractivity contribution in [1.82, 2.24) is 103 Å². The number of aromatic amines is 3. The standard InChI is InChI=1S/C88H122Cl2N24O18S/c1-10-12-22-68-81(126)103-59(21-16-28-96-88(93)94)77(122)109-67(76(121)99-41-72(92)117)44-133-45-74(119)102-63(31-49-19-14-13-15-20-49)84(129)111(7)48(5)75(120)105-65(37-71(91)116)86(131)114-29-17-23-69(114)82(127)104-61(36-54-40-95-46-100-54)79(124)106-62(30-47(3)4)83(128)110(6)42-73(118)101-60(32-50-38-97-57-26-24-52(89)34-55(50)57)78(123)108-66(43-115)80(125)107-64(33-51-39-98-58-27-25-53(90)35-56(51)58)85(130)113(9)70(18-11-2)87(132)112(68)8/h13-15,19-20,24-27,34-35,38-40,46-48,59-70,97-98,115H,10-12,16-18,21-23,28-33,36-37,41-45H2,1-9H3,(H2,91,116)(H2,92,117)(H,95,100)(H,99,121)(H,101,118)(H,102,119)(H,103,126)(H,104,127)(H,105,120)(H,106,124)(H,107,125)(H,108,123)(H,109,122)(H4,93,94,96). The minimum atomic E-state index is -1.90. The molecule has 722 valence electrons. The first-order valence-electron chi connectivity index (χ1n) is 43.9. The van der Waals surface area contributed by atoms with Crippen LogP contribution in [0, 0.1) is 11.3 Å². The van der Waals surface area contributed by atoms with Gasteiger partial charge in [-0.05, 0) is 111 Å². The van der Waals surface area contributed by atoms with E-state index in [4.69, 9.17) is 45.8 Å². The smallest absolute Gasteiger partial charge is 0.246 e. The molecule has 5 heterocycles. The molecule has 17 amide bonds. The van der Waals surface area contributed by atoms with Crippen molar-refractivity contribution in [1.29, 1.82) is 5.41 Å². The maximum atomic E-state index is 15.7. The molecule has 45 heteroatoms. The summed E-state index contributed by atoms with van der Waals surface area (Å²) in [6.07, 6.45) is 4.96. The average Bonchev–Trinajstić information content (AvgIpc) is 1.73. The lowest BCUT2D eigenvalue weighted by atomic mass is 10.0. The van der Waals surface area contributed by atoms with Crippen molar-refractivity contribution in [3.8, 4) is 0 Å². The van der Waals surface area contributed by atoms with Gasteiger partial charge in [0.2, 0.25) is 100 Å². The molecule has 0 bridgehead atoms. The fraction of sp³-hybridized carbons (Fsp3) is 0.511. The zero-order valence-electron chi connectivity index (χ0n) is 75.8. The number of halogens is 2. The first kappa shape index (κ1) is 105. The minimum Gasteiger partial charge on any atom is -0.394 e. The Morgan fingerprint density at radius 3 is 1.72 bits per heavy atom. The van der Waals surface area contributed by atoms with E-state index in [1.54, 1.807) is 99.9 Å². The number of amides is 17. The maximum absolute atomic E-state index is 15.7. The number of hydrogen-bond acceptors (Lipinski definition) is 21. The number of nitrogens with zero attached hydrogens (tertiary/aromatic N) is 6. The number of H-pyrrole nitrogens is 3. The predicted octanol–water partition coefficient (Wildman–Crippen LogP) is -1.22. The SMILES string of the molecule is CCCCC1C(=O)NC(CCCNC(=N)N)C(=O)NC(C(=O)NCC(N)=O)CSCC(=O)NC(Cc2ccccc2)C(=O)N(C)C(C)C(=O)NC(CC(N)=O)C(=O)N2CCCC2C(=O)NC(Cc2cnc[nH]2)C(=O)NC(CC(C)C)C(=O)N(C)CC(=O)NC(Cc2c[nH]c3ccc(Cl)cc23)C(=O)NC(CO)C(=O)NC(Cc2c[nH]c3ccc(Cl)cc23)C(=O)N(C)C(CCC)C(=O)N1C. The number of imidazole rings is 1. The fourth-order valence-corrected chi connectivity index (χ4v) is 16.9. The van der Waals surface area contributed by atoms with Gasteiger partial charge in [0.1, 0.15) is 78.5 Å². The van der Waals surface area contributed by atoms with Crippen molar-refractivity contribution < 1.29 is 86.6 Å². The molecule has 0 aliphatic carbocycles. The van der Waals surface area contributed by atoms with E-state index in [1.807, 2.05) is 6.92 Å². The Labute approximate surface area is 783 Å². The van der Waals surface area contributed by atoms with Crippen LogP contribution < -0.4 is 75.7 Å². The van der Waals surface area contributed by atoms with Gasteiger partial charge in [0.25, 0.3) is 0 Å². The summed E-state index contributed by atoms with van der Waals surface area (Å²) >= 11 is 13.8. The summed E-state index contributed by atoms with van der Waals surface area (Å²) in [5.41, 5.74) is 19.7. The molecule has 42 nitrogen and oxygen atoms in total. The first-order chi connectivity index (χ1) is 63.2. The van der Waals surface area contributed by atoms with Crippen molar-refractivity contribution in [2.24, 2.45) is 23.1 Å². The topological polar surface area (TPSA) is 621 Å². The zero-order valence-corrected chi connectivity index (χ0v) is 78.1. The number of benzene rings is 3. The highest BCUT2D eigenvalue weighted by molar-refractivity contribution is 8.00. The van der Waals surface area contributed by atoms with E-state index in [9.17, 15) is 62.6 Å². The van der Waals surface area contributed by atoms with Crippen molar-refractivity contribution in [3.05, 3.63) is 124 Å². The van der Waals surface area contributed by atoms with Crippen LogP contribution in [0.3, 0.4) is 0 Å². The van der Waals surface area contributed by atoms with Gasteiger partial charge in [-0.3, -0.25) is 86.9 Å². The third-order valence-corrected chi connectivity index (χ3v) is 24.5. The molecule has 133 heavy (non-hydrogen) atoms. The third kappa shape index (κ3) is 30.6. The number of primary amides is 2. The highest BCUT2D eigenvalue weighted by Crippen LogP contribution is 2.28. The van der Waals surface area contributed by atoms with E-state index >= 15 is 24.0 Å². The van der Waals surface area contributed by atoms with Crippen LogP contribution in [0.2, 0.25) is 10.0 Å². The summed E-state index contributed by atoms with van der Waals surface area (Å²) in [5.74, 6) is -17.5. The number of aromatic nitrogens is 4. The molecular formula is C88H122Cl2N24O18S. The third-order valence-electron chi connectivity index (χ3n) is 23.0. The van der Waals surface area contributed by atoms with E-state index in [0.29, 0.717) is 67.1 Å². The van der Waals surface area contributed by atoms with Crippen LogP contribution in [-0.2, 0) is 107 Å². The number of aliphatic hydroxyl groups is 1. The number of rotatable bonds is 25. The number of nitrogens with one attached hydrogen (secondary N) is 15. The molecule has 2 aliphatic rings. The zero-order chi connectivity index (χ0) is 97.6. The highest BCUT2D eigenvalue weighted by atomic mass is 35.5. The number of likely N-dealkylation sites (N-methyl/N-ethyl adjacent to an activating group) is 4. The molecule has 0 spiro atoms. The minimum absolute atomic E-state index is 0.00562. The summed E-state index contributed by atoms with van der Waals surface area (Å²) in [6.45, 7) is 5.67. The van der Waals surface area contributed by atoms with Crippen LogP contribution in [0.4, 0.5) is 0 Å². The summed E-state index contributed by atoms with van der Waals surface area (Å²) in [4.78, 5) is 267. The van der Waals surface area contributed by atoms with Gasteiger partial charge in [-0.2, -0.15) is 0 Å². The predicted molar refractivity (Wildman–Crippen MR) is 495 cm³/mol. The second-order valence-corrected chi connectivity index (χ2v) is 35.5. The van der Waals surface area contributed by atoms with Gasteiger partial charge < -0.3 is 120 Å². The molecule has 3 aromatic carbocycles. The van der Waals surface area contributed by atoms with Crippen molar-refractivity contribution in [2.45, 2.75) is 209 Å². The molecule has 13 atom stereocenters. The van der Waals surface area contributed by atoms with Crippen molar-refractivity contribution in [3.63, 3.8) is 0 Å². The molecule has 3 aromatic heterocycles. The van der Waals surface area contributed by atoms with Crippen LogP contribution in [0.15, 0.2) is 91.6 Å². The van der Waals surface area contributed by atoms with E-state index in [-0.39, 0.29) is 96.1 Å². The Balaban J connectivity index is 1.19. The molecule has 22 N–H and O–H groups in total. The van der Waals surface area contributed by atoms with Crippen LogP contribution in [-0.4, -0.2) is 307 Å². The van der Waals surface area contributed by atoms with E-state index in [0.717, 1.165) is 36.3 Å². The van der Waals surface area contributed by atoms with E-state index in [1.165, 1.54) is 47.6 Å². The molecule has 2 saturated heterocycles. The number of carbonyl (C=O) groups excluding carboxylic acids is 17. The van der Waals surface area contributed by atoms with E-state index < -0.39 is 223 Å². The van der Waals surface area contributed by atoms with Crippen molar-refractivity contribution >= 4 is 163 Å². The van der Waals surface area contributed by atoms with Crippen LogP contribution >= 0.6 is 35.0 Å². The quantitative estimate of drug-likeness (QED) is 0.0181. The number of unbranched alkanes of at least 4 members (excludes halogenated alkanes) is 1. The summed E-state index contributed by atoms with van der Waals surface area (Å²) < 4.78 is 0. The fourth-order valence-electron chi connectivity index (χ4n) is 15.7. The number of aliphatic hydroxyl groups excluding tert-OH is 1. The van der Waals surface area contributed by atoms with Crippen LogP contribution in [0.25, 0.3) is 21.8 Å². The van der Waals surface area contributed by atoms with Crippen LogP contribution in [0.1, 0.15) is 128 Å². The lowest BCUT2D eigenvalue weighted by Gasteiger charge is -2.36. The molecule has 2 fully saturated rings. The lowest BCUT2D eigenvalue weighted by molar-refractivity contribution is -0.149. The van der Waals surface area contributed by atoms with Crippen molar-refractivity contribution in [2.75, 3.05) is 72.5 Å². The molecule has 0 saturated carbocycles. The van der Waals surface area contributed by atoms with Gasteiger partial charge in [-0.25, -0.2) is 4.98 Å². The monoisotopic (exact) mass is 1900 g/mol. The number of fused-ring (bicyclic) bond motifs is 3. The number of nitrogens with two attached hydrogens (primary N) is 3. The average molecular weight is 1910 g/mol. The van der Waals surface area contributed by atoms with Gasteiger partial charge >= 0.3 is 0 Å². The lowest BCUT2D eigenvalue weighted by Crippen LogP contribution is -2.61.